The van der Waals surface area contributed by atoms with Crippen molar-refractivity contribution in [3.8, 4) is 0 Å². The molecule has 1 aliphatic heterocycles. The second-order valence-corrected chi connectivity index (χ2v) is 6.14. The summed E-state index contributed by atoms with van der Waals surface area (Å²) in [6, 6.07) is 0.0458. The fraction of sp³-hybridized carbons (Fsp3) is 0.692. The largest absolute Gasteiger partial charge is 0.394 e. The molecule has 1 aromatic heterocycles. The predicted molar refractivity (Wildman–Crippen MR) is 71.4 cm³/mol. The van der Waals surface area contributed by atoms with Crippen LogP contribution in [0.5, 0.6) is 0 Å². The fourth-order valence-electron chi connectivity index (χ4n) is 2.40. The Morgan fingerprint density at radius 1 is 1.63 bits per heavy atom. The molecular weight excluding hydrogens is 264 g/mol. The number of thiazole rings is 1. The van der Waals surface area contributed by atoms with Crippen LogP contribution in [0.2, 0.25) is 0 Å². The molecule has 1 aliphatic carbocycles. The van der Waals surface area contributed by atoms with Gasteiger partial charge in [0.05, 0.1) is 36.6 Å². The summed E-state index contributed by atoms with van der Waals surface area (Å²) in [7, 11) is 0. The van der Waals surface area contributed by atoms with E-state index in [4.69, 9.17) is 4.74 Å². The number of morpholine rings is 1. The van der Waals surface area contributed by atoms with Gasteiger partial charge in [-0.3, -0.25) is 4.79 Å². The van der Waals surface area contributed by atoms with E-state index in [2.05, 4.69) is 4.98 Å². The summed E-state index contributed by atoms with van der Waals surface area (Å²) >= 11 is 1.42. The monoisotopic (exact) mass is 282 g/mol. The summed E-state index contributed by atoms with van der Waals surface area (Å²) in [5, 5.41) is 9.19. The van der Waals surface area contributed by atoms with Crippen LogP contribution in [-0.2, 0) is 4.74 Å². The van der Waals surface area contributed by atoms with Gasteiger partial charge in [-0.15, -0.1) is 11.3 Å². The number of aliphatic hydroxyl groups is 1. The van der Waals surface area contributed by atoms with E-state index in [-0.39, 0.29) is 24.7 Å². The van der Waals surface area contributed by atoms with Gasteiger partial charge in [0.1, 0.15) is 4.88 Å². The summed E-state index contributed by atoms with van der Waals surface area (Å²) in [6.07, 6.45) is 2.02. The van der Waals surface area contributed by atoms with E-state index in [0.29, 0.717) is 19.1 Å². The molecule has 0 aromatic carbocycles. The van der Waals surface area contributed by atoms with E-state index in [1.807, 2.05) is 11.8 Å². The molecule has 2 aliphatic rings. The van der Waals surface area contributed by atoms with Crippen LogP contribution in [0.1, 0.15) is 41.0 Å². The number of aromatic nitrogens is 1. The number of nitrogens with zero attached hydrogens (tertiary/aromatic N) is 2. The van der Waals surface area contributed by atoms with Gasteiger partial charge < -0.3 is 14.7 Å². The molecule has 1 aromatic rings. The molecular formula is C13H18N2O3S. The lowest BCUT2D eigenvalue weighted by molar-refractivity contribution is -0.0666. The van der Waals surface area contributed by atoms with Crippen molar-refractivity contribution in [2.45, 2.75) is 37.8 Å². The summed E-state index contributed by atoms with van der Waals surface area (Å²) in [4.78, 5) is 19.6. The number of aliphatic hydroxyl groups excluding tert-OH is 1. The van der Waals surface area contributed by atoms with Crippen LogP contribution in [0.3, 0.4) is 0 Å². The first-order valence-electron chi connectivity index (χ1n) is 6.67. The van der Waals surface area contributed by atoms with Crippen LogP contribution >= 0.6 is 11.3 Å². The van der Waals surface area contributed by atoms with Gasteiger partial charge in [0.25, 0.3) is 5.91 Å². The quantitative estimate of drug-likeness (QED) is 0.906. The fourth-order valence-corrected chi connectivity index (χ4v) is 3.23. The molecule has 6 heteroatoms. The number of hydrogen-bond acceptors (Lipinski definition) is 5. The molecule has 3 rings (SSSR count). The zero-order chi connectivity index (χ0) is 13.4. The minimum atomic E-state index is -0.266. The first-order chi connectivity index (χ1) is 9.20. The topological polar surface area (TPSA) is 62.7 Å². The van der Waals surface area contributed by atoms with Gasteiger partial charge in [-0.2, -0.15) is 0 Å². The zero-order valence-corrected chi connectivity index (χ0v) is 11.7. The van der Waals surface area contributed by atoms with Crippen molar-refractivity contribution in [2.24, 2.45) is 0 Å². The Labute approximate surface area is 116 Å². The molecule has 2 unspecified atom stereocenters. The molecule has 5 nitrogen and oxygen atoms in total. The first-order valence-corrected chi connectivity index (χ1v) is 7.55. The normalized spacial score (nSPS) is 27.6. The molecule has 1 saturated carbocycles. The molecule has 1 amide bonds. The molecule has 1 N–H and O–H groups in total. The van der Waals surface area contributed by atoms with Gasteiger partial charge in [-0.05, 0) is 19.8 Å². The van der Waals surface area contributed by atoms with Crippen LogP contribution in [0.15, 0.2) is 5.51 Å². The van der Waals surface area contributed by atoms with Gasteiger partial charge in [0, 0.05) is 12.5 Å². The molecule has 0 bridgehead atoms. The number of ether oxygens (including phenoxy) is 1. The number of rotatable bonds is 3. The van der Waals surface area contributed by atoms with Crippen molar-refractivity contribution in [1.29, 1.82) is 0 Å². The molecule has 1 saturated heterocycles. The summed E-state index contributed by atoms with van der Waals surface area (Å²) in [5.74, 6) is 0.522. The van der Waals surface area contributed by atoms with Gasteiger partial charge in [-0.25, -0.2) is 4.98 Å². The molecule has 0 radical (unpaired) electrons. The number of carbonyl (C=O) groups excluding carboxylic acids is 1. The van der Waals surface area contributed by atoms with E-state index in [1.54, 1.807) is 5.51 Å². The van der Waals surface area contributed by atoms with Crippen LogP contribution in [0, 0.1) is 0 Å². The van der Waals surface area contributed by atoms with Crippen LogP contribution in [0.4, 0.5) is 0 Å². The lowest BCUT2D eigenvalue weighted by Crippen LogP contribution is -2.52. The number of amides is 1. The highest BCUT2D eigenvalue weighted by Crippen LogP contribution is 2.42. The minimum absolute atomic E-state index is 0.0404. The second-order valence-electron chi connectivity index (χ2n) is 5.29. The maximum Gasteiger partial charge on any atom is 0.266 e. The van der Waals surface area contributed by atoms with Gasteiger partial charge in [0.15, 0.2) is 0 Å². The third-order valence-corrected chi connectivity index (χ3v) is 4.55. The van der Waals surface area contributed by atoms with E-state index in [1.165, 1.54) is 11.3 Å². The Hall–Kier alpha value is -0.980. The first kappa shape index (κ1) is 13.0. The summed E-state index contributed by atoms with van der Waals surface area (Å²) in [5.41, 5.74) is 2.73. The van der Waals surface area contributed by atoms with Crippen molar-refractivity contribution >= 4 is 17.2 Å². The Balaban J connectivity index is 1.79. The van der Waals surface area contributed by atoms with E-state index in [0.717, 1.165) is 23.4 Å². The average Bonchev–Trinajstić information content (AvgIpc) is 3.16. The highest BCUT2D eigenvalue weighted by Gasteiger charge is 2.35. The highest BCUT2D eigenvalue weighted by atomic mass is 32.1. The Morgan fingerprint density at radius 2 is 2.42 bits per heavy atom. The number of carbonyl (C=O) groups is 1. The van der Waals surface area contributed by atoms with Crippen LogP contribution in [-0.4, -0.2) is 52.8 Å². The molecule has 2 atom stereocenters. The van der Waals surface area contributed by atoms with Crippen molar-refractivity contribution in [2.75, 3.05) is 19.8 Å². The third kappa shape index (κ3) is 2.52. The van der Waals surface area contributed by atoms with Crippen molar-refractivity contribution in [3.05, 3.63) is 16.1 Å². The summed E-state index contributed by atoms with van der Waals surface area (Å²) < 4.78 is 5.47. The van der Waals surface area contributed by atoms with Crippen LogP contribution < -0.4 is 0 Å². The maximum absolute atomic E-state index is 12.6. The zero-order valence-electron chi connectivity index (χ0n) is 10.9. The smallest absolute Gasteiger partial charge is 0.266 e. The van der Waals surface area contributed by atoms with Crippen LogP contribution in [0.25, 0.3) is 0 Å². The maximum atomic E-state index is 12.6. The molecule has 2 heterocycles. The van der Waals surface area contributed by atoms with E-state index < -0.39 is 0 Å². The van der Waals surface area contributed by atoms with Crippen molar-refractivity contribution < 1.29 is 14.6 Å². The second kappa shape index (κ2) is 5.19. The standard InChI is InChI=1S/C13H18N2O3S/c1-8-6-18-10(5-16)4-15(8)13(17)12-11(9-2-3-9)14-7-19-12/h7-10,16H,2-6H2,1H3. The lowest BCUT2D eigenvalue weighted by Gasteiger charge is -2.37. The van der Waals surface area contributed by atoms with Crippen molar-refractivity contribution in [1.82, 2.24) is 9.88 Å². The highest BCUT2D eigenvalue weighted by molar-refractivity contribution is 7.11. The molecule has 104 valence electrons. The van der Waals surface area contributed by atoms with Crippen molar-refractivity contribution in [3.63, 3.8) is 0 Å². The third-order valence-electron chi connectivity index (χ3n) is 3.72. The van der Waals surface area contributed by atoms with E-state index in [9.17, 15) is 9.90 Å². The average molecular weight is 282 g/mol. The SMILES string of the molecule is CC1COC(CO)CN1C(=O)c1scnc1C1CC1. The molecule has 19 heavy (non-hydrogen) atoms. The predicted octanol–water partition coefficient (Wildman–Crippen LogP) is 1.24. The van der Waals surface area contributed by atoms with Gasteiger partial charge >= 0.3 is 0 Å². The molecule has 0 spiro atoms. The molecule has 2 fully saturated rings. The van der Waals surface area contributed by atoms with E-state index >= 15 is 0 Å². The Morgan fingerprint density at radius 3 is 3.11 bits per heavy atom. The minimum Gasteiger partial charge on any atom is -0.394 e. The Kier molecular flexibility index (Phi) is 3.56. The number of hydrogen-bond donors (Lipinski definition) is 1. The lowest BCUT2D eigenvalue weighted by atomic mass is 10.1. The Bertz CT molecular complexity index is 472. The van der Waals surface area contributed by atoms with Gasteiger partial charge in [0.2, 0.25) is 0 Å². The summed E-state index contributed by atoms with van der Waals surface area (Å²) in [6.45, 7) is 2.87. The van der Waals surface area contributed by atoms with Gasteiger partial charge in [-0.1, -0.05) is 0 Å².